The number of cyclic esters (lactones) is 1. The SMILES string of the molecule is C=CC(=C)CC1SC(=O)NC1=O.Cc1oc(-c2ccccc2)nc1Cc1cc2cc(CC3OC(=O)NC3=O)ccc2o1. The third-order valence-corrected chi connectivity index (χ3v) is 7.56. The van der Waals surface area contributed by atoms with Crippen molar-refractivity contribution in [1.29, 1.82) is 0 Å². The molecular formula is C31H27N3O7S. The molecule has 2 aliphatic heterocycles. The van der Waals surface area contributed by atoms with Crippen molar-refractivity contribution in [3.63, 3.8) is 0 Å². The molecule has 0 radical (unpaired) electrons. The number of carbonyl (C=O) groups is 4. The predicted molar refractivity (Wildman–Crippen MR) is 157 cm³/mol. The average Bonchev–Trinajstić information content (AvgIpc) is 3.71. The van der Waals surface area contributed by atoms with Gasteiger partial charge < -0.3 is 13.6 Å². The van der Waals surface area contributed by atoms with Crippen molar-refractivity contribution in [2.75, 3.05) is 0 Å². The highest BCUT2D eigenvalue weighted by Gasteiger charge is 2.32. The lowest BCUT2D eigenvalue weighted by Crippen LogP contribution is -2.25. The van der Waals surface area contributed by atoms with Crippen LogP contribution in [-0.4, -0.2) is 39.5 Å². The first-order valence-electron chi connectivity index (χ1n) is 13.0. The topological polar surface area (TPSA) is 141 Å². The molecule has 2 unspecified atom stereocenters. The van der Waals surface area contributed by atoms with Crippen molar-refractivity contribution < 1.29 is 32.7 Å². The van der Waals surface area contributed by atoms with Crippen molar-refractivity contribution in [3.8, 4) is 11.5 Å². The smallest absolute Gasteiger partial charge is 0.414 e. The summed E-state index contributed by atoms with van der Waals surface area (Å²) in [4.78, 5) is 49.2. The van der Waals surface area contributed by atoms with E-state index in [-0.39, 0.29) is 16.4 Å². The fourth-order valence-corrected chi connectivity index (χ4v) is 5.30. The van der Waals surface area contributed by atoms with E-state index in [9.17, 15) is 19.2 Å². The molecule has 4 heterocycles. The first-order chi connectivity index (χ1) is 20.2. The normalized spacial score (nSPS) is 17.8. The Morgan fingerprint density at radius 3 is 2.48 bits per heavy atom. The number of aromatic nitrogens is 1. The third-order valence-electron chi connectivity index (χ3n) is 6.58. The van der Waals surface area contributed by atoms with Crippen LogP contribution in [0.4, 0.5) is 9.59 Å². The Morgan fingerprint density at radius 1 is 1.02 bits per heavy atom. The molecule has 0 spiro atoms. The fraction of sp³-hybridized carbons (Fsp3) is 0.194. The first-order valence-corrected chi connectivity index (χ1v) is 13.9. The van der Waals surface area contributed by atoms with Crippen molar-refractivity contribution in [2.45, 2.75) is 37.5 Å². The van der Waals surface area contributed by atoms with Crippen molar-refractivity contribution in [2.24, 2.45) is 0 Å². The summed E-state index contributed by atoms with van der Waals surface area (Å²) in [6.07, 6.45) is 1.42. The van der Waals surface area contributed by atoms with Crippen molar-refractivity contribution in [3.05, 3.63) is 102 Å². The number of imide groups is 2. The highest BCUT2D eigenvalue weighted by molar-refractivity contribution is 8.15. The molecule has 0 aliphatic carbocycles. The summed E-state index contributed by atoms with van der Waals surface area (Å²) in [6, 6.07) is 17.4. The van der Waals surface area contributed by atoms with Crippen LogP contribution in [0.15, 0.2) is 88.2 Å². The highest BCUT2D eigenvalue weighted by Crippen LogP contribution is 2.27. The zero-order chi connectivity index (χ0) is 29.8. The summed E-state index contributed by atoms with van der Waals surface area (Å²) < 4.78 is 16.8. The van der Waals surface area contributed by atoms with E-state index in [1.54, 1.807) is 6.08 Å². The highest BCUT2D eigenvalue weighted by atomic mass is 32.2. The zero-order valence-electron chi connectivity index (χ0n) is 22.7. The van der Waals surface area contributed by atoms with Crippen LogP contribution in [0.1, 0.15) is 29.2 Å². The Bertz CT molecular complexity index is 1710. The van der Waals surface area contributed by atoms with E-state index in [1.165, 1.54) is 0 Å². The van der Waals surface area contributed by atoms with Crippen LogP contribution in [-0.2, 0) is 27.2 Å². The number of hydrogen-bond acceptors (Lipinski definition) is 9. The van der Waals surface area contributed by atoms with Crippen LogP contribution < -0.4 is 10.6 Å². The number of furan rings is 1. The minimum atomic E-state index is -0.796. The number of oxazole rings is 1. The number of carbonyl (C=O) groups excluding carboxylic acids is 4. The second-order valence-corrected chi connectivity index (χ2v) is 10.9. The number of nitrogens with zero attached hydrogens (tertiary/aromatic N) is 1. The summed E-state index contributed by atoms with van der Waals surface area (Å²) >= 11 is 1.01. The van der Waals surface area contributed by atoms with E-state index >= 15 is 0 Å². The molecule has 2 atom stereocenters. The van der Waals surface area contributed by atoms with Crippen molar-refractivity contribution >= 4 is 45.9 Å². The number of rotatable bonds is 8. The number of amides is 4. The first kappa shape index (κ1) is 28.6. The number of nitrogens with one attached hydrogen (secondary N) is 2. The minimum absolute atomic E-state index is 0.229. The van der Waals surface area contributed by atoms with Crippen LogP contribution in [0.3, 0.4) is 0 Å². The standard InChI is InChI=1S/C23H18N2O5.C8H9NO2S/c1-13-18(24-22(28-13)15-5-3-2-4-6-15)12-17-11-16-9-14(7-8-19(16)29-17)10-20-21(26)25-23(27)30-20;1-3-5(2)4-6-7(10)9-8(11)12-6/h2-9,11,20H,10,12H2,1H3,(H,25,26,27);3,6H,1-2,4H2,(H,9,10,11). The quantitative estimate of drug-likeness (QED) is 0.252. The molecule has 42 heavy (non-hydrogen) atoms. The molecule has 2 fully saturated rings. The van der Waals surface area contributed by atoms with E-state index in [1.807, 2.05) is 61.5 Å². The summed E-state index contributed by atoms with van der Waals surface area (Å²) in [5, 5.41) is 4.67. The van der Waals surface area contributed by atoms with Gasteiger partial charge in [-0.1, -0.05) is 60.8 Å². The number of thioether (sulfide) groups is 1. The van der Waals surface area contributed by atoms with Crippen LogP contribution in [0.25, 0.3) is 22.4 Å². The average molecular weight is 586 g/mol. The van der Waals surface area contributed by atoms with E-state index in [4.69, 9.17) is 13.6 Å². The lowest BCUT2D eigenvalue weighted by atomic mass is 10.1. The number of allylic oxidation sites excluding steroid dienone is 2. The van der Waals surface area contributed by atoms with Gasteiger partial charge >= 0.3 is 6.09 Å². The molecule has 4 amide bonds. The Kier molecular flexibility index (Phi) is 8.39. The number of fused-ring (bicyclic) bond motifs is 1. The molecule has 11 heteroatoms. The molecule has 6 rings (SSSR count). The largest absolute Gasteiger partial charge is 0.461 e. The van der Waals surface area contributed by atoms with Gasteiger partial charge in [0.1, 0.15) is 17.1 Å². The molecule has 0 saturated carbocycles. The van der Waals surface area contributed by atoms with E-state index < -0.39 is 18.1 Å². The number of aryl methyl sites for hydroxylation is 1. The van der Waals surface area contributed by atoms with Gasteiger partial charge in [0.15, 0.2) is 6.10 Å². The van der Waals surface area contributed by atoms with E-state index in [0.29, 0.717) is 25.2 Å². The van der Waals surface area contributed by atoms with Gasteiger partial charge in [0.2, 0.25) is 11.8 Å². The maximum absolute atomic E-state index is 11.7. The predicted octanol–water partition coefficient (Wildman–Crippen LogP) is 5.63. The molecule has 0 bridgehead atoms. The van der Waals surface area contributed by atoms with Gasteiger partial charge in [-0.3, -0.25) is 25.0 Å². The second kappa shape index (κ2) is 12.3. The van der Waals surface area contributed by atoms with Gasteiger partial charge in [0.25, 0.3) is 11.1 Å². The molecule has 4 aromatic rings. The molecule has 214 valence electrons. The third kappa shape index (κ3) is 6.69. The Morgan fingerprint density at radius 2 is 1.81 bits per heavy atom. The van der Waals surface area contributed by atoms with Crippen LogP contribution in [0, 0.1) is 6.92 Å². The number of alkyl carbamates (subject to hydrolysis) is 1. The van der Waals surface area contributed by atoms with Crippen LogP contribution in [0.2, 0.25) is 0 Å². The lowest BCUT2D eigenvalue weighted by Gasteiger charge is -2.05. The summed E-state index contributed by atoms with van der Waals surface area (Å²) in [5.41, 5.74) is 4.15. The maximum atomic E-state index is 11.7. The Labute approximate surface area is 245 Å². The molecule has 2 N–H and O–H groups in total. The molecule has 2 aromatic carbocycles. The summed E-state index contributed by atoms with van der Waals surface area (Å²) in [6.45, 7) is 9.09. The van der Waals surface area contributed by atoms with Crippen LogP contribution >= 0.6 is 11.8 Å². The summed E-state index contributed by atoms with van der Waals surface area (Å²) in [5.74, 6) is 1.47. The second-order valence-electron chi connectivity index (χ2n) is 9.69. The zero-order valence-corrected chi connectivity index (χ0v) is 23.5. The number of hydrogen-bond donors (Lipinski definition) is 2. The van der Waals surface area contributed by atoms with Gasteiger partial charge in [-0.25, -0.2) is 9.78 Å². The van der Waals surface area contributed by atoms with E-state index in [2.05, 4.69) is 28.8 Å². The fourth-order valence-electron chi connectivity index (χ4n) is 4.41. The summed E-state index contributed by atoms with van der Waals surface area (Å²) in [7, 11) is 0. The van der Waals surface area contributed by atoms with Crippen molar-refractivity contribution in [1.82, 2.24) is 15.6 Å². The maximum Gasteiger partial charge on any atom is 0.414 e. The molecule has 2 aliphatic rings. The Hall–Kier alpha value is -4.90. The van der Waals surface area contributed by atoms with Gasteiger partial charge in [-0.05, 0) is 49.2 Å². The Balaban J connectivity index is 0.000000248. The molecular weight excluding hydrogens is 558 g/mol. The minimum Gasteiger partial charge on any atom is -0.461 e. The molecule has 2 saturated heterocycles. The monoisotopic (exact) mass is 585 g/mol. The van der Waals surface area contributed by atoms with E-state index in [0.717, 1.165) is 56.6 Å². The number of benzene rings is 2. The van der Waals surface area contributed by atoms with Crippen LogP contribution in [0.5, 0.6) is 0 Å². The van der Waals surface area contributed by atoms with Gasteiger partial charge in [0.05, 0.1) is 17.4 Å². The molecule has 2 aromatic heterocycles. The van der Waals surface area contributed by atoms with Gasteiger partial charge in [0, 0.05) is 17.4 Å². The van der Waals surface area contributed by atoms with Gasteiger partial charge in [-0.2, -0.15) is 0 Å². The molecule has 10 nitrogen and oxygen atoms in total. The van der Waals surface area contributed by atoms with Gasteiger partial charge in [-0.15, -0.1) is 0 Å². The lowest BCUT2D eigenvalue weighted by molar-refractivity contribution is -0.123. The number of ether oxygens (including phenoxy) is 1.